The van der Waals surface area contributed by atoms with Crippen molar-refractivity contribution in [2.45, 2.75) is 39.7 Å². The molecule has 1 rings (SSSR count). The molecular formula is C12H22N2O3. The van der Waals surface area contributed by atoms with Crippen LogP contribution < -0.4 is 5.32 Å². The van der Waals surface area contributed by atoms with Crippen LogP contribution in [0.1, 0.15) is 33.6 Å². The first-order chi connectivity index (χ1) is 8.06. The molecule has 0 aliphatic carbocycles. The summed E-state index contributed by atoms with van der Waals surface area (Å²) in [7, 11) is 0. The summed E-state index contributed by atoms with van der Waals surface area (Å²) in [6.45, 7) is 7.04. The lowest BCUT2D eigenvalue weighted by atomic mass is 10.0. The van der Waals surface area contributed by atoms with E-state index in [4.69, 9.17) is 4.74 Å². The molecule has 1 unspecified atom stereocenters. The van der Waals surface area contributed by atoms with Crippen LogP contribution in [0.5, 0.6) is 0 Å². The number of ether oxygens (including phenoxy) is 1. The van der Waals surface area contributed by atoms with E-state index < -0.39 is 0 Å². The van der Waals surface area contributed by atoms with Crippen LogP contribution in [0.2, 0.25) is 0 Å². The van der Waals surface area contributed by atoms with Gasteiger partial charge in [-0.15, -0.1) is 0 Å². The van der Waals surface area contributed by atoms with E-state index >= 15 is 0 Å². The predicted molar refractivity (Wildman–Crippen MR) is 64.6 cm³/mol. The lowest BCUT2D eigenvalue weighted by Crippen LogP contribution is -2.46. The summed E-state index contributed by atoms with van der Waals surface area (Å²) < 4.78 is 4.76. The number of nitrogens with one attached hydrogen (secondary N) is 1. The van der Waals surface area contributed by atoms with Crippen LogP contribution in [0.15, 0.2) is 0 Å². The number of hydrogen-bond acceptors (Lipinski definition) is 3. The van der Waals surface area contributed by atoms with Crippen LogP contribution in [0, 0.1) is 5.92 Å². The van der Waals surface area contributed by atoms with Crippen molar-refractivity contribution in [3.8, 4) is 0 Å². The van der Waals surface area contributed by atoms with Gasteiger partial charge in [-0.2, -0.15) is 0 Å². The number of likely N-dealkylation sites (tertiary alicyclic amines) is 1. The summed E-state index contributed by atoms with van der Waals surface area (Å²) in [5.74, 6) is 0.0620. The Balaban J connectivity index is 2.39. The Bertz CT molecular complexity index is 279. The summed E-state index contributed by atoms with van der Waals surface area (Å²) in [6.07, 6.45) is 2.08. The van der Waals surface area contributed by atoms with Gasteiger partial charge in [-0.3, -0.25) is 4.79 Å². The van der Waals surface area contributed by atoms with E-state index in [0.717, 1.165) is 19.4 Å². The van der Waals surface area contributed by atoms with Gasteiger partial charge in [0.05, 0.1) is 6.61 Å². The summed E-state index contributed by atoms with van der Waals surface area (Å²) in [5, 5.41) is 2.61. The van der Waals surface area contributed by atoms with Gasteiger partial charge in [-0.25, -0.2) is 4.79 Å². The molecule has 1 N–H and O–H groups in total. The van der Waals surface area contributed by atoms with E-state index in [2.05, 4.69) is 19.2 Å². The van der Waals surface area contributed by atoms with Gasteiger partial charge >= 0.3 is 12.0 Å². The zero-order valence-corrected chi connectivity index (χ0v) is 10.9. The second-order valence-corrected chi connectivity index (χ2v) is 4.61. The SMILES string of the molecule is CCOC(=O)CNC(=O)N1CCCC1C(C)C. The fourth-order valence-electron chi connectivity index (χ4n) is 2.20. The number of carbonyl (C=O) groups excluding carboxylic acids is 2. The van der Waals surface area contributed by atoms with Crippen LogP contribution in [0.4, 0.5) is 4.79 Å². The molecule has 1 aliphatic rings. The van der Waals surface area contributed by atoms with Gasteiger partial charge in [-0.1, -0.05) is 13.8 Å². The average molecular weight is 242 g/mol. The maximum absolute atomic E-state index is 11.9. The summed E-state index contributed by atoms with van der Waals surface area (Å²) in [4.78, 5) is 24.8. The highest BCUT2D eigenvalue weighted by Crippen LogP contribution is 2.23. The zero-order chi connectivity index (χ0) is 12.8. The highest BCUT2D eigenvalue weighted by atomic mass is 16.5. The van der Waals surface area contributed by atoms with E-state index in [1.807, 2.05) is 4.90 Å². The fraction of sp³-hybridized carbons (Fsp3) is 0.833. The van der Waals surface area contributed by atoms with Crippen molar-refractivity contribution < 1.29 is 14.3 Å². The Kier molecular flexibility index (Phi) is 5.25. The normalized spacial score (nSPS) is 19.5. The minimum absolute atomic E-state index is 0.0476. The van der Waals surface area contributed by atoms with Crippen molar-refractivity contribution in [2.24, 2.45) is 5.92 Å². The molecule has 0 aromatic carbocycles. The summed E-state index contributed by atoms with van der Waals surface area (Å²) >= 11 is 0. The number of nitrogens with zero attached hydrogens (tertiary/aromatic N) is 1. The third-order valence-electron chi connectivity index (χ3n) is 3.02. The van der Waals surface area contributed by atoms with Crippen LogP contribution in [0.25, 0.3) is 0 Å². The largest absolute Gasteiger partial charge is 0.465 e. The van der Waals surface area contributed by atoms with Crippen molar-refractivity contribution in [1.82, 2.24) is 10.2 Å². The third kappa shape index (κ3) is 3.91. The second-order valence-electron chi connectivity index (χ2n) is 4.61. The van der Waals surface area contributed by atoms with Crippen LogP contribution in [-0.4, -0.2) is 42.6 Å². The number of hydrogen-bond donors (Lipinski definition) is 1. The molecule has 0 radical (unpaired) electrons. The predicted octanol–water partition coefficient (Wildman–Crippen LogP) is 1.38. The molecule has 1 fully saturated rings. The Morgan fingerprint density at radius 3 is 2.76 bits per heavy atom. The Labute approximate surface area is 102 Å². The molecule has 1 atom stereocenters. The van der Waals surface area contributed by atoms with Crippen molar-refractivity contribution in [3.05, 3.63) is 0 Å². The molecule has 0 saturated carbocycles. The number of amides is 2. The smallest absolute Gasteiger partial charge is 0.325 e. The minimum atomic E-state index is -0.388. The summed E-state index contributed by atoms with van der Waals surface area (Å²) in [6, 6.07) is 0.131. The maximum atomic E-state index is 11.9. The highest BCUT2D eigenvalue weighted by Gasteiger charge is 2.30. The molecule has 98 valence electrons. The van der Waals surface area contributed by atoms with E-state index in [1.165, 1.54) is 0 Å². The molecule has 0 spiro atoms. The minimum Gasteiger partial charge on any atom is -0.465 e. The first-order valence-corrected chi connectivity index (χ1v) is 6.26. The fourth-order valence-corrected chi connectivity index (χ4v) is 2.20. The van der Waals surface area contributed by atoms with Gasteiger partial charge in [0.1, 0.15) is 6.54 Å². The Hall–Kier alpha value is -1.26. The van der Waals surface area contributed by atoms with Gasteiger partial charge in [-0.05, 0) is 25.7 Å². The molecule has 0 aromatic heterocycles. The van der Waals surface area contributed by atoms with Crippen LogP contribution in [0.3, 0.4) is 0 Å². The monoisotopic (exact) mass is 242 g/mol. The molecule has 0 aromatic rings. The molecule has 0 bridgehead atoms. The van der Waals surface area contributed by atoms with E-state index in [1.54, 1.807) is 6.92 Å². The number of esters is 1. The molecular weight excluding hydrogens is 220 g/mol. The van der Waals surface area contributed by atoms with Gasteiger partial charge in [0.2, 0.25) is 0 Å². The van der Waals surface area contributed by atoms with Gasteiger partial charge in [0, 0.05) is 12.6 Å². The summed E-state index contributed by atoms with van der Waals surface area (Å²) in [5.41, 5.74) is 0. The second kappa shape index (κ2) is 6.47. The van der Waals surface area contributed by atoms with Crippen LogP contribution >= 0.6 is 0 Å². The van der Waals surface area contributed by atoms with Gasteiger partial charge in [0.25, 0.3) is 0 Å². The van der Waals surface area contributed by atoms with Crippen molar-refractivity contribution in [1.29, 1.82) is 0 Å². The van der Waals surface area contributed by atoms with Crippen molar-refractivity contribution in [2.75, 3.05) is 19.7 Å². The third-order valence-corrected chi connectivity index (χ3v) is 3.02. The number of rotatable bonds is 4. The number of carbonyl (C=O) groups is 2. The van der Waals surface area contributed by atoms with E-state index in [0.29, 0.717) is 12.5 Å². The van der Waals surface area contributed by atoms with Gasteiger partial charge < -0.3 is 15.0 Å². The molecule has 5 heteroatoms. The number of urea groups is 1. The standard InChI is InChI=1S/C12H22N2O3/c1-4-17-11(15)8-13-12(16)14-7-5-6-10(14)9(2)3/h9-10H,4-8H2,1-3H3,(H,13,16). The molecule has 2 amide bonds. The van der Waals surface area contributed by atoms with E-state index in [9.17, 15) is 9.59 Å². The van der Waals surface area contributed by atoms with Crippen molar-refractivity contribution >= 4 is 12.0 Å². The van der Waals surface area contributed by atoms with E-state index in [-0.39, 0.29) is 24.6 Å². The molecule has 1 aliphatic heterocycles. The highest BCUT2D eigenvalue weighted by molar-refractivity contribution is 5.81. The first-order valence-electron chi connectivity index (χ1n) is 6.26. The molecule has 1 saturated heterocycles. The topological polar surface area (TPSA) is 58.6 Å². The van der Waals surface area contributed by atoms with Crippen LogP contribution in [-0.2, 0) is 9.53 Å². The molecule has 5 nitrogen and oxygen atoms in total. The van der Waals surface area contributed by atoms with Gasteiger partial charge in [0.15, 0.2) is 0 Å². The molecule has 1 heterocycles. The average Bonchev–Trinajstić information content (AvgIpc) is 2.75. The Morgan fingerprint density at radius 1 is 1.47 bits per heavy atom. The quantitative estimate of drug-likeness (QED) is 0.758. The van der Waals surface area contributed by atoms with Crippen molar-refractivity contribution in [3.63, 3.8) is 0 Å². The Morgan fingerprint density at radius 2 is 2.18 bits per heavy atom. The first kappa shape index (κ1) is 13.8. The zero-order valence-electron chi connectivity index (χ0n) is 10.9. The maximum Gasteiger partial charge on any atom is 0.325 e. The lowest BCUT2D eigenvalue weighted by molar-refractivity contribution is -0.141. The lowest BCUT2D eigenvalue weighted by Gasteiger charge is -2.27. The molecule has 17 heavy (non-hydrogen) atoms.